The Bertz CT molecular complexity index is 81.7. The Morgan fingerprint density at radius 3 is 2.67 bits per heavy atom. The highest BCUT2D eigenvalue weighted by atomic mass is 15.3. The summed E-state index contributed by atoms with van der Waals surface area (Å²) in [6.45, 7) is 0. The fraction of sp³-hybridized carbons (Fsp3) is 0. The smallest absolute Gasteiger partial charge is 0.282 e. The molecule has 1 radical (unpaired) electrons. The summed E-state index contributed by atoms with van der Waals surface area (Å²) in [5.41, 5.74) is 4.99. The van der Waals surface area contributed by atoms with Crippen molar-refractivity contribution >= 4 is 6.34 Å². The molecule has 0 aromatic rings. The molecule has 0 saturated carbocycles. The first-order valence-electron chi connectivity index (χ1n) is 1.45. The molecule has 2 N–H and O–H groups in total. The van der Waals surface area contributed by atoms with E-state index in [1.165, 1.54) is 6.34 Å². The molecule has 1 aliphatic rings. The topological polar surface area (TPSA) is 63.1 Å². The van der Waals surface area contributed by atoms with Crippen LogP contribution in [0.3, 0.4) is 0 Å². The molecular weight excluding hydrogens is 80.1 g/mol. The highest BCUT2D eigenvalue weighted by Gasteiger charge is 1.97. The zero-order chi connectivity index (χ0) is 4.41. The molecule has 0 saturated heterocycles. The highest BCUT2D eigenvalue weighted by molar-refractivity contribution is 5.57. The molecule has 0 aromatic carbocycles. The van der Waals surface area contributed by atoms with Crippen LogP contribution in [0.4, 0.5) is 0 Å². The summed E-state index contributed by atoms with van der Waals surface area (Å²) in [4.78, 5) is 3.47. The molecule has 0 aromatic heterocycles. The molecule has 0 unspecified atom stereocenters. The molecule has 31 valence electrons. The SMILES string of the molecule is N[C]1N=CN=N1. The Kier molecular flexibility index (Phi) is 0.648. The van der Waals surface area contributed by atoms with E-state index in [1.807, 2.05) is 0 Å². The Labute approximate surface area is 34.8 Å². The minimum absolute atomic E-state index is 0.231. The molecule has 4 nitrogen and oxygen atoms in total. The van der Waals surface area contributed by atoms with Gasteiger partial charge in [0.2, 0.25) is 0 Å². The first kappa shape index (κ1) is 3.42. The van der Waals surface area contributed by atoms with Crippen LogP contribution < -0.4 is 5.73 Å². The molecular formula is C2H3N4. The second-order valence-corrected chi connectivity index (χ2v) is 0.818. The second kappa shape index (κ2) is 1.14. The average Bonchev–Trinajstić information content (AvgIpc) is 1.86. The van der Waals surface area contributed by atoms with Gasteiger partial charge < -0.3 is 0 Å². The zero-order valence-electron chi connectivity index (χ0n) is 3.00. The van der Waals surface area contributed by atoms with Gasteiger partial charge >= 0.3 is 0 Å². The summed E-state index contributed by atoms with van der Waals surface area (Å²) in [6.07, 6.45) is 1.53. The van der Waals surface area contributed by atoms with E-state index >= 15 is 0 Å². The second-order valence-electron chi connectivity index (χ2n) is 0.818. The zero-order valence-corrected chi connectivity index (χ0v) is 3.00. The third kappa shape index (κ3) is 0.414. The van der Waals surface area contributed by atoms with Crippen LogP contribution in [0.1, 0.15) is 0 Å². The van der Waals surface area contributed by atoms with Gasteiger partial charge in [-0.05, 0) is 0 Å². The van der Waals surface area contributed by atoms with Gasteiger partial charge in [0.15, 0.2) is 0 Å². The molecule has 6 heavy (non-hydrogen) atoms. The van der Waals surface area contributed by atoms with Gasteiger partial charge in [-0.3, -0.25) is 5.73 Å². The van der Waals surface area contributed by atoms with E-state index < -0.39 is 0 Å². The van der Waals surface area contributed by atoms with Crippen molar-refractivity contribution in [2.45, 2.75) is 0 Å². The van der Waals surface area contributed by atoms with E-state index in [9.17, 15) is 0 Å². The standard InChI is InChI=1S/C2H3N4/c3-2-4-1-5-6-2/h1H,3H2. The molecule has 1 rings (SSSR count). The van der Waals surface area contributed by atoms with Gasteiger partial charge in [-0.25, -0.2) is 4.99 Å². The number of rotatable bonds is 0. The van der Waals surface area contributed by atoms with E-state index in [0.29, 0.717) is 0 Å². The number of aliphatic imine (C=N–C) groups is 1. The van der Waals surface area contributed by atoms with Crippen molar-refractivity contribution < 1.29 is 0 Å². The van der Waals surface area contributed by atoms with Gasteiger partial charge in [-0.15, -0.1) is 10.2 Å². The number of nitrogens with zero attached hydrogens (tertiary/aromatic N) is 3. The lowest BCUT2D eigenvalue weighted by atomic mass is 11.0. The lowest BCUT2D eigenvalue weighted by molar-refractivity contribution is 0.943. The average molecular weight is 83.1 g/mol. The first-order valence-corrected chi connectivity index (χ1v) is 1.45. The van der Waals surface area contributed by atoms with Gasteiger partial charge in [-0.2, -0.15) is 0 Å². The molecule has 0 aliphatic carbocycles. The van der Waals surface area contributed by atoms with Crippen LogP contribution in [0, 0.1) is 6.29 Å². The molecule has 0 fully saturated rings. The van der Waals surface area contributed by atoms with Gasteiger partial charge in [0, 0.05) is 0 Å². The summed E-state index contributed by atoms with van der Waals surface area (Å²) in [6, 6.07) is 0. The maximum Gasteiger partial charge on any atom is 0.285 e. The van der Waals surface area contributed by atoms with E-state index in [2.05, 4.69) is 15.2 Å². The third-order valence-electron chi connectivity index (χ3n) is 0.402. The maximum atomic E-state index is 4.99. The molecule has 0 atom stereocenters. The quantitative estimate of drug-likeness (QED) is 0.436. The Balaban J connectivity index is 2.60. The number of hydrogen-bond acceptors (Lipinski definition) is 4. The van der Waals surface area contributed by atoms with Crippen molar-refractivity contribution in [3.05, 3.63) is 6.29 Å². The fourth-order valence-corrected chi connectivity index (χ4v) is 0.196. The van der Waals surface area contributed by atoms with Crippen LogP contribution in [0.2, 0.25) is 0 Å². The molecule has 1 aliphatic heterocycles. The molecule has 4 heteroatoms. The van der Waals surface area contributed by atoms with Crippen LogP contribution in [-0.4, -0.2) is 6.34 Å². The number of hydrogen-bond donors (Lipinski definition) is 1. The van der Waals surface area contributed by atoms with Crippen molar-refractivity contribution in [3.63, 3.8) is 0 Å². The monoisotopic (exact) mass is 83.0 g/mol. The fourth-order valence-electron chi connectivity index (χ4n) is 0.196. The normalized spacial score (nSPS) is 20.2. The lowest BCUT2D eigenvalue weighted by Crippen LogP contribution is -1.97. The molecule has 1 heterocycles. The van der Waals surface area contributed by atoms with Gasteiger partial charge in [-0.1, -0.05) is 0 Å². The Morgan fingerprint density at radius 2 is 2.50 bits per heavy atom. The van der Waals surface area contributed by atoms with Crippen molar-refractivity contribution in [3.8, 4) is 0 Å². The summed E-state index contributed by atoms with van der Waals surface area (Å²) in [5.74, 6) is 0. The van der Waals surface area contributed by atoms with E-state index in [4.69, 9.17) is 5.73 Å². The summed E-state index contributed by atoms with van der Waals surface area (Å²) in [5, 5.41) is 6.67. The maximum absolute atomic E-state index is 4.99. The van der Waals surface area contributed by atoms with Gasteiger partial charge in [0.25, 0.3) is 6.29 Å². The van der Waals surface area contributed by atoms with Crippen molar-refractivity contribution in [2.24, 2.45) is 21.0 Å². The predicted octanol–water partition coefficient (Wildman–Crippen LogP) is -0.114. The summed E-state index contributed by atoms with van der Waals surface area (Å²) < 4.78 is 0. The Morgan fingerprint density at radius 1 is 1.67 bits per heavy atom. The van der Waals surface area contributed by atoms with Crippen LogP contribution in [0.5, 0.6) is 0 Å². The van der Waals surface area contributed by atoms with Crippen LogP contribution in [-0.2, 0) is 0 Å². The first-order chi connectivity index (χ1) is 2.89. The molecule has 0 amide bonds. The minimum atomic E-state index is 0.231. The van der Waals surface area contributed by atoms with E-state index in [1.54, 1.807) is 0 Å². The van der Waals surface area contributed by atoms with Crippen molar-refractivity contribution in [2.75, 3.05) is 0 Å². The minimum Gasteiger partial charge on any atom is -0.282 e. The molecule has 0 bridgehead atoms. The third-order valence-corrected chi connectivity index (χ3v) is 0.402. The largest absolute Gasteiger partial charge is 0.285 e. The van der Waals surface area contributed by atoms with Crippen LogP contribution in [0.25, 0.3) is 0 Å². The summed E-state index contributed by atoms with van der Waals surface area (Å²) in [7, 11) is 0. The van der Waals surface area contributed by atoms with Gasteiger partial charge in [0.05, 0.1) is 0 Å². The number of nitrogens with two attached hydrogens (primary N) is 1. The van der Waals surface area contributed by atoms with Crippen LogP contribution in [0.15, 0.2) is 15.2 Å². The number of azo groups is 1. The van der Waals surface area contributed by atoms with Crippen LogP contribution >= 0.6 is 0 Å². The lowest BCUT2D eigenvalue weighted by Gasteiger charge is -1.78. The van der Waals surface area contributed by atoms with Crippen molar-refractivity contribution in [1.82, 2.24) is 0 Å². The van der Waals surface area contributed by atoms with E-state index in [-0.39, 0.29) is 6.29 Å². The molecule has 0 spiro atoms. The summed E-state index contributed by atoms with van der Waals surface area (Å²) >= 11 is 0. The Hall–Kier alpha value is -0.770. The van der Waals surface area contributed by atoms with Gasteiger partial charge in [0.1, 0.15) is 6.34 Å². The predicted molar refractivity (Wildman–Crippen MR) is 20.8 cm³/mol. The van der Waals surface area contributed by atoms with E-state index in [0.717, 1.165) is 0 Å². The van der Waals surface area contributed by atoms with Crippen molar-refractivity contribution in [1.29, 1.82) is 0 Å². The highest BCUT2D eigenvalue weighted by Crippen LogP contribution is 1.97.